The van der Waals surface area contributed by atoms with E-state index in [9.17, 15) is 4.21 Å². The van der Waals surface area contributed by atoms with E-state index in [-0.39, 0.29) is 11.3 Å². The first-order valence-corrected chi connectivity index (χ1v) is 7.73. The zero-order valence-corrected chi connectivity index (χ0v) is 12.2. The fraction of sp³-hybridized carbons (Fsp3) is 0.636. The average molecular weight is 308 g/mol. The lowest BCUT2D eigenvalue weighted by atomic mass is 10.2. The molecular weight excluding hydrogens is 290 g/mol. The van der Waals surface area contributed by atoms with Crippen molar-refractivity contribution in [2.75, 3.05) is 12.8 Å². The van der Waals surface area contributed by atoms with E-state index in [1.54, 1.807) is 6.26 Å². The zero-order valence-electron chi connectivity index (χ0n) is 9.83. The van der Waals surface area contributed by atoms with Crippen LogP contribution in [0.4, 0.5) is 0 Å². The van der Waals surface area contributed by atoms with E-state index in [2.05, 4.69) is 28.2 Å². The maximum absolute atomic E-state index is 11.2. The number of furan rings is 1. The topological polar surface area (TPSA) is 42.2 Å². The van der Waals surface area contributed by atoms with Gasteiger partial charge < -0.3 is 9.73 Å². The van der Waals surface area contributed by atoms with E-state index in [1.165, 1.54) is 0 Å². The van der Waals surface area contributed by atoms with E-state index in [0.717, 1.165) is 23.4 Å². The molecule has 1 aromatic rings. The van der Waals surface area contributed by atoms with Crippen molar-refractivity contribution in [3.05, 3.63) is 22.6 Å². The van der Waals surface area contributed by atoms with Crippen LogP contribution in [0, 0.1) is 0 Å². The Bertz CT molecular complexity index is 354. The van der Waals surface area contributed by atoms with Gasteiger partial charge in [0.05, 0.1) is 6.04 Å². The monoisotopic (exact) mass is 307 g/mol. The summed E-state index contributed by atoms with van der Waals surface area (Å²) in [5.41, 5.74) is 0. The van der Waals surface area contributed by atoms with E-state index >= 15 is 0 Å². The molecule has 0 aliphatic carbocycles. The highest BCUT2D eigenvalue weighted by molar-refractivity contribution is 9.10. The smallest absolute Gasteiger partial charge is 0.169 e. The van der Waals surface area contributed by atoms with Crippen molar-refractivity contribution < 1.29 is 8.63 Å². The first-order valence-electron chi connectivity index (χ1n) is 5.31. The summed E-state index contributed by atoms with van der Waals surface area (Å²) in [7, 11) is -0.736. The second kappa shape index (κ2) is 6.57. The van der Waals surface area contributed by atoms with E-state index in [1.807, 2.05) is 19.1 Å². The summed E-state index contributed by atoms with van der Waals surface area (Å²) >= 11 is 3.28. The number of nitrogens with one attached hydrogen (secondary N) is 1. The second-order valence-corrected chi connectivity index (χ2v) is 6.50. The summed E-state index contributed by atoms with van der Waals surface area (Å²) in [5, 5.41) is 3.59. The summed E-state index contributed by atoms with van der Waals surface area (Å²) in [4.78, 5) is 0. The highest BCUT2D eigenvalue weighted by atomic mass is 79.9. The molecule has 1 heterocycles. The van der Waals surface area contributed by atoms with Crippen LogP contribution in [0.1, 0.15) is 32.1 Å². The van der Waals surface area contributed by atoms with Crippen molar-refractivity contribution in [1.82, 2.24) is 5.32 Å². The van der Waals surface area contributed by atoms with Gasteiger partial charge >= 0.3 is 0 Å². The molecule has 0 aliphatic rings. The van der Waals surface area contributed by atoms with E-state index in [4.69, 9.17) is 4.42 Å². The minimum Gasteiger partial charge on any atom is -0.453 e. The summed E-state index contributed by atoms with van der Waals surface area (Å²) in [6.45, 7) is 4.91. The number of hydrogen-bond donors (Lipinski definition) is 1. The first-order chi connectivity index (χ1) is 7.50. The normalized spacial score (nSPS) is 17.0. The Labute approximate surface area is 108 Å². The summed E-state index contributed by atoms with van der Waals surface area (Å²) < 4.78 is 17.3. The van der Waals surface area contributed by atoms with Crippen LogP contribution in [0.15, 0.2) is 21.2 Å². The van der Waals surface area contributed by atoms with Crippen molar-refractivity contribution in [3.63, 3.8) is 0 Å². The molecule has 3 unspecified atom stereocenters. The van der Waals surface area contributed by atoms with Crippen LogP contribution in [-0.2, 0) is 10.8 Å². The molecule has 0 aromatic carbocycles. The molecule has 0 saturated heterocycles. The minimum absolute atomic E-state index is 0.184. The van der Waals surface area contributed by atoms with Gasteiger partial charge in [-0.25, -0.2) is 0 Å². The van der Waals surface area contributed by atoms with Gasteiger partial charge in [-0.1, -0.05) is 6.92 Å². The Morgan fingerprint density at radius 2 is 2.19 bits per heavy atom. The highest BCUT2D eigenvalue weighted by Gasteiger charge is 2.10. The Hall–Kier alpha value is -0.130. The van der Waals surface area contributed by atoms with Crippen LogP contribution < -0.4 is 5.32 Å². The van der Waals surface area contributed by atoms with Crippen LogP contribution in [0.5, 0.6) is 0 Å². The van der Waals surface area contributed by atoms with Gasteiger partial charge in [0.2, 0.25) is 0 Å². The molecule has 0 saturated carbocycles. The second-order valence-electron chi connectivity index (χ2n) is 3.92. The molecule has 5 heteroatoms. The van der Waals surface area contributed by atoms with Crippen molar-refractivity contribution >= 4 is 26.7 Å². The predicted octanol–water partition coefficient (Wildman–Crippen LogP) is 2.85. The third-order valence-electron chi connectivity index (χ3n) is 2.59. The SMILES string of the molecule is CC(NCCC(C)S(C)=O)c1ccc(Br)o1. The molecule has 0 spiro atoms. The molecule has 1 rings (SSSR count). The standard InChI is InChI=1S/C11H18BrNO2S/c1-8(16(3)14)6-7-13-9(2)10-4-5-11(12)15-10/h4-5,8-9,13H,6-7H2,1-3H3. The molecule has 3 atom stereocenters. The fourth-order valence-corrected chi connectivity index (χ4v) is 2.10. The van der Waals surface area contributed by atoms with Gasteiger partial charge in [0.15, 0.2) is 4.67 Å². The molecule has 0 bridgehead atoms. The molecular formula is C11H18BrNO2S. The fourth-order valence-electron chi connectivity index (χ4n) is 1.33. The average Bonchev–Trinajstić information content (AvgIpc) is 2.64. The van der Waals surface area contributed by atoms with Crippen LogP contribution in [0.25, 0.3) is 0 Å². The predicted molar refractivity (Wildman–Crippen MR) is 71.0 cm³/mol. The van der Waals surface area contributed by atoms with Crippen LogP contribution in [0.2, 0.25) is 0 Å². The van der Waals surface area contributed by atoms with Crippen molar-refractivity contribution in [2.45, 2.75) is 31.6 Å². The molecule has 0 aliphatic heterocycles. The summed E-state index contributed by atoms with van der Waals surface area (Å²) in [6, 6.07) is 4.02. The van der Waals surface area contributed by atoms with Gasteiger partial charge in [-0.05, 0) is 48.0 Å². The maximum atomic E-state index is 11.2. The van der Waals surface area contributed by atoms with Gasteiger partial charge in [-0.3, -0.25) is 4.21 Å². The zero-order chi connectivity index (χ0) is 12.1. The van der Waals surface area contributed by atoms with Gasteiger partial charge in [0, 0.05) is 22.3 Å². The Kier molecular flexibility index (Phi) is 5.72. The molecule has 0 amide bonds. The van der Waals surface area contributed by atoms with Crippen molar-refractivity contribution in [2.24, 2.45) is 0 Å². The molecule has 0 fully saturated rings. The maximum Gasteiger partial charge on any atom is 0.169 e. The van der Waals surface area contributed by atoms with E-state index < -0.39 is 10.8 Å². The third-order valence-corrected chi connectivity index (χ3v) is 4.38. The molecule has 92 valence electrons. The Morgan fingerprint density at radius 3 is 2.69 bits per heavy atom. The van der Waals surface area contributed by atoms with Crippen molar-refractivity contribution in [1.29, 1.82) is 0 Å². The van der Waals surface area contributed by atoms with Crippen molar-refractivity contribution in [3.8, 4) is 0 Å². The lowest BCUT2D eigenvalue weighted by molar-refractivity contribution is 0.417. The molecule has 3 nitrogen and oxygen atoms in total. The number of halogens is 1. The summed E-state index contributed by atoms with van der Waals surface area (Å²) in [5.74, 6) is 0.914. The van der Waals surface area contributed by atoms with Crippen LogP contribution in [0.3, 0.4) is 0 Å². The third kappa shape index (κ3) is 4.39. The molecule has 1 N–H and O–H groups in total. The van der Waals surface area contributed by atoms with Crippen LogP contribution in [-0.4, -0.2) is 22.3 Å². The quantitative estimate of drug-likeness (QED) is 0.878. The van der Waals surface area contributed by atoms with Crippen LogP contribution >= 0.6 is 15.9 Å². The number of hydrogen-bond acceptors (Lipinski definition) is 3. The number of rotatable bonds is 6. The lowest BCUT2D eigenvalue weighted by Crippen LogP contribution is -2.23. The molecule has 16 heavy (non-hydrogen) atoms. The van der Waals surface area contributed by atoms with Gasteiger partial charge in [-0.2, -0.15) is 0 Å². The first kappa shape index (κ1) is 13.9. The Balaban J connectivity index is 2.30. The van der Waals surface area contributed by atoms with Gasteiger partial charge in [-0.15, -0.1) is 0 Å². The Morgan fingerprint density at radius 1 is 1.50 bits per heavy atom. The molecule has 0 radical (unpaired) electrons. The lowest BCUT2D eigenvalue weighted by Gasteiger charge is -2.13. The largest absolute Gasteiger partial charge is 0.453 e. The van der Waals surface area contributed by atoms with E-state index in [0.29, 0.717) is 0 Å². The van der Waals surface area contributed by atoms with Gasteiger partial charge in [0.1, 0.15) is 5.76 Å². The van der Waals surface area contributed by atoms with Gasteiger partial charge in [0.25, 0.3) is 0 Å². The summed E-state index contributed by atoms with van der Waals surface area (Å²) in [6.07, 6.45) is 2.66. The minimum atomic E-state index is -0.736. The highest BCUT2D eigenvalue weighted by Crippen LogP contribution is 2.19. The molecule has 1 aromatic heterocycles.